The number of para-hydroxylation sites is 1. The van der Waals surface area contributed by atoms with E-state index in [0.717, 1.165) is 0 Å². The first-order chi connectivity index (χ1) is 14.2. The zero-order chi connectivity index (χ0) is 21.7. The van der Waals surface area contributed by atoms with Gasteiger partial charge >= 0.3 is 0 Å². The molecule has 0 aliphatic carbocycles. The van der Waals surface area contributed by atoms with Gasteiger partial charge in [-0.1, -0.05) is 18.2 Å². The number of aliphatic hydroxyl groups excluding tert-OH is 3. The predicted molar refractivity (Wildman–Crippen MR) is 106 cm³/mol. The molecule has 3 aliphatic rings. The van der Waals surface area contributed by atoms with E-state index < -0.39 is 52.8 Å². The fourth-order valence-corrected chi connectivity index (χ4v) is 4.80. The molecule has 3 heterocycles. The Labute approximate surface area is 176 Å². The fraction of sp³-hybridized carbons (Fsp3) is 0.588. The number of fused-ring (bicyclic) bond motifs is 1. The lowest BCUT2D eigenvalue weighted by molar-refractivity contribution is -0.385. The molecular formula is C17H23N5O7S. The van der Waals surface area contributed by atoms with Crippen molar-refractivity contribution in [1.29, 1.82) is 0 Å². The van der Waals surface area contributed by atoms with Gasteiger partial charge in [-0.05, 0) is 0 Å². The van der Waals surface area contributed by atoms with E-state index >= 15 is 0 Å². The van der Waals surface area contributed by atoms with Crippen LogP contribution in [0.4, 0.5) is 5.69 Å². The second kappa shape index (κ2) is 7.69. The number of nitrogens with zero attached hydrogens (tertiary/aromatic N) is 3. The molecule has 3 unspecified atom stereocenters. The van der Waals surface area contributed by atoms with Gasteiger partial charge in [-0.25, -0.2) is 9.89 Å². The summed E-state index contributed by atoms with van der Waals surface area (Å²) in [5.74, 6) is 0. The Morgan fingerprint density at radius 1 is 1.37 bits per heavy atom. The standard InChI is InChI=1S/C17H23N5O7S/c23-6-11-12(24)13(25)14(29-11)21-8-18-15-16(21,19-7-20-17(15,26)30)5-9-3-1-2-4-10(9)22(27)28/h1-4,7,11-15,18,23-26,30H,5-6,8H2,(H,19,20)/t11-,12-,13-,14-,15?,16?,17?/m1/s1. The van der Waals surface area contributed by atoms with Gasteiger partial charge in [0.15, 0.2) is 0 Å². The third-order valence-corrected chi connectivity index (χ3v) is 6.26. The van der Waals surface area contributed by atoms with Gasteiger partial charge < -0.3 is 30.5 Å². The Kier molecular flexibility index (Phi) is 5.48. The van der Waals surface area contributed by atoms with Gasteiger partial charge in [0.1, 0.15) is 36.2 Å². The molecule has 1 aromatic rings. The van der Waals surface area contributed by atoms with Crippen LogP contribution in [0.5, 0.6) is 0 Å². The monoisotopic (exact) mass is 441 g/mol. The lowest BCUT2D eigenvalue weighted by atomic mass is 9.88. The van der Waals surface area contributed by atoms with Crippen molar-refractivity contribution in [3.05, 3.63) is 39.9 Å². The number of benzene rings is 1. The first-order valence-corrected chi connectivity index (χ1v) is 9.77. The Bertz CT molecular complexity index is 858. The molecule has 2 fully saturated rings. The first kappa shape index (κ1) is 21.4. The number of rotatable bonds is 5. The van der Waals surface area contributed by atoms with Crippen LogP contribution in [0, 0.1) is 10.1 Å². The molecule has 2 saturated heterocycles. The smallest absolute Gasteiger partial charge is 0.272 e. The molecular weight excluding hydrogens is 418 g/mol. The van der Waals surface area contributed by atoms with Crippen LogP contribution in [0.1, 0.15) is 5.56 Å². The number of hydrogen-bond acceptors (Lipinski definition) is 12. The zero-order valence-electron chi connectivity index (χ0n) is 15.7. The molecule has 0 amide bonds. The first-order valence-electron chi connectivity index (χ1n) is 9.32. The van der Waals surface area contributed by atoms with E-state index in [4.69, 9.17) is 4.74 Å². The van der Waals surface area contributed by atoms with Gasteiger partial charge in [0.25, 0.3) is 5.69 Å². The third-order valence-electron chi connectivity index (χ3n) is 5.88. The van der Waals surface area contributed by atoms with Crippen molar-refractivity contribution >= 4 is 24.7 Å². The highest BCUT2D eigenvalue weighted by Crippen LogP contribution is 2.41. The van der Waals surface area contributed by atoms with E-state index in [2.05, 4.69) is 28.3 Å². The molecule has 0 bridgehead atoms. The number of hydrogen-bond donors (Lipinski definition) is 7. The van der Waals surface area contributed by atoms with Crippen molar-refractivity contribution in [1.82, 2.24) is 15.5 Å². The van der Waals surface area contributed by atoms with E-state index in [1.807, 2.05) is 0 Å². The van der Waals surface area contributed by atoms with Gasteiger partial charge in [-0.15, -0.1) is 12.6 Å². The number of aliphatic hydroxyl groups is 4. The van der Waals surface area contributed by atoms with E-state index in [-0.39, 0.29) is 18.8 Å². The summed E-state index contributed by atoms with van der Waals surface area (Å²) in [7, 11) is 0. The number of nitro benzene ring substituents is 1. The topological polar surface area (TPSA) is 173 Å². The maximum atomic E-state index is 11.5. The minimum atomic E-state index is -1.86. The second-order valence-corrected chi connectivity index (χ2v) is 8.23. The van der Waals surface area contributed by atoms with Crippen molar-refractivity contribution < 1.29 is 30.1 Å². The summed E-state index contributed by atoms with van der Waals surface area (Å²) in [4.78, 5) is 16.6. The SMILES string of the molecule is O=[N+]([O-])c1ccccc1CC12NC=NC(O)(S)C1NCN2[C@@H]1O[C@H](CO)[C@@H](O)[C@H]1O. The van der Waals surface area contributed by atoms with Gasteiger partial charge in [-0.2, -0.15) is 0 Å². The normalized spacial score (nSPS) is 40.9. The quantitative estimate of drug-likeness (QED) is 0.114. The Morgan fingerprint density at radius 2 is 2.10 bits per heavy atom. The molecule has 0 radical (unpaired) electrons. The van der Waals surface area contributed by atoms with Gasteiger partial charge in [0.2, 0.25) is 5.06 Å². The molecule has 1 aromatic carbocycles. The molecule has 30 heavy (non-hydrogen) atoms. The van der Waals surface area contributed by atoms with Gasteiger partial charge in [0, 0.05) is 18.1 Å². The highest BCUT2D eigenvalue weighted by molar-refractivity contribution is 7.81. The summed E-state index contributed by atoms with van der Waals surface area (Å²) < 4.78 is 5.69. The number of nitro groups is 1. The summed E-state index contributed by atoms with van der Waals surface area (Å²) >= 11 is 4.24. The summed E-state index contributed by atoms with van der Waals surface area (Å²) in [6.07, 6.45) is -3.49. The van der Waals surface area contributed by atoms with Crippen LogP contribution < -0.4 is 10.6 Å². The highest BCUT2D eigenvalue weighted by atomic mass is 32.1. The van der Waals surface area contributed by atoms with Crippen LogP contribution in [0.25, 0.3) is 0 Å². The molecule has 12 nitrogen and oxygen atoms in total. The second-order valence-electron chi connectivity index (χ2n) is 7.57. The number of aliphatic imine (C=N–C) groups is 1. The molecule has 7 atom stereocenters. The van der Waals surface area contributed by atoms with Crippen molar-refractivity contribution in [3.63, 3.8) is 0 Å². The van der Waals surface area contributed by atoms with Crippen LogP contribution in [-0.4, -0.2) is 91.2 Å². The van der Waals surface area contributed by atoms with E-state index in [9.17, 15) is 30.5 Å². The average Bonchev–Trinajstić information content (AvgIpc) is 3.21. The number of ether oxygens (including phenoxy) is 1. The fourth-order valence-electron chi connectivity index (χ4n) is 4.44. The number of thiol groups is 1. The van der Waals surface area contributed by atoms with Crippen LogP contribution in [0.15, 0.2) is 29.3 Å². The summed E-state index contributed by atoms with van der Waals surface area (Å²) in [6, 6.07) is 5.33. The maximum Gasteiger partial charge on any atom is 0.272 e. The van der Waals surface area contributed by atoms with Crippen LogP contribution >= 0.6 is 12.6 Å². The summed E-state index contributed by atoms with van der Waals surface area (Å²) in [6.45, 7) is -0.418. The Hall–Kier alpha value is -1.84. The Morgan fingerprint density at radius 3 is 2.77 bits per heavy atom. The molecule has 6 N–H and O–H groups in total. The van der Waals surface area contributed by atoms with E-state index in [1.165, 1.54) is 12.4 Å². The molecule has 3 aliphatic heterocycles. The highest BCUT2D eigenvalue weighted by Gasteiger charge is 2.62. The van der Waals surface area contributed by atoms with E-state index in [1.54, 1.807) is 23.1 Å². The minimum Gasteiger partial charge on any atom is -0.394 e. The van der Waals surface area contributed by atoms with Crippen LogP contribution in [0.2, 0.25) is 0 Å². The van der Waals surface area contributed by atoms with E-state index in [0.29, 0.717) is 5.56 Å². The molecule has 0 saturated carbocycles. The van der Waals surface area contributed by atoms with Gasteiger partial charge in [-0.3, -0.25) is 15.4 Å². The van der Waals surface area contributed by atoms with Crippen LogP contribution in [-0.2, 0) is 11.2 Å². The van der Waals surface area contributed by atoms with Crippen molar-refractivity contribution in [2.75, 3.05) is 13.3 Å². The van der Waals surface area contributed by atoms with Crippen molar-refractivity contribution in [2.45, 2.75) is 47.7 Å². The summed E-state index contributed by atoms with van der Waals surface area (Å²) in [5, 5.41) is 56.8. The molecule has 13 heteroatoms. The molecule has 0 spiro atoms. The minimum absolute atomic E-state index is 0.0170. The summed E-state index contributed by atoms with van der Waals surface area (Å²) in [5.41, 5.74) is -0.981. The largest absolute Gasteiger partial charge is 0.394 e. The van der Waals surface area contributed by atoms with Crippen molar-refractivity contribution in [3.8, 4) is 0 Å². The molecule has 4 rings (SSSR count). The maximum absolute atomic E-state index is 11.5. The lowest BCUT2D eigenvalue weighted by Crippen LogP contribution is -2.72. The average molecular weight is 441 g/mol. The third kappa shape index (κ3) is 3.27. The zero-order valence-corrected chi connectivity index (χ0v) is 16.6. The molecule has 0 aromatic heterocycles. The van der Waals surface area contributed by atoms with Crippen LogP contribution in [0.3, 0.4) is 0 Å². The van der Waals surface area contributed by atoms with Crippen molar-refractivity contribution in [2.24, 2.45) is 4.99 Å². The predicted octanol–water partition coefficient (Wildman–Crippen LogP) is -2.29. The number of nitrogens with one attached hydrogen (secondary N) is 2. The molecule has 164 valence electrons. The lowest BCUT2D eigenvalue weighted by Gasteiger charge is -2.48. The Balaban J connectivity index is 1.77. The van der Waals surface area contributed by atoms with Gasteiger partial charge in [0.05, 0.1) is 24.5 Å².